The molecule has 2 aliphatic rings. The van der Waals surface area contributed by atoms with Crippen LogP contribution in [0.4, 0.5) is 17.6 Å². The third-order valence-electron chi connectivity index (χ3n) is 17.9. The molecule has 2 fully saturated rings. The maximum atomic E-state index is 15.2. The number of fused-ring (bicyclic) bond motifs is 1. The summed E-state index contributed by atoms with van der Waals surface area (Å²) in [6.07, 6.45) is 9.51. The minimum Gasteiger partial charge on any atom is -0.342 e. The summed E-state index contributed by atoms with van der Waals surface area (Å²) in [4.78, 5) is 51.6. The highest BCUT2D eigenvalue weighted by molar-refractivity contribution is 6.05. The number of azo groups is 2. The fraction of sp³-hybridized carbons (Fsp3) is 0.391. The van der Waals surface area contributed by atoms with Crippen molar-refractivity contribution in [2.75, 3.05) is 40.3 Å². The first-order valence-corrected chi connectivity index (χ1v) is 27.2. The van der Waals surface area contributed by atoms with Gasteiger partial charge in [-0.3, -0.25) is 9.59 Å². The lowest BCUT2D eigenvalue weighted by atomic mass is 9.64. The molecule has 12 nitrogen and oxygen atoms in total. The van der Waals surface area contributed by atoms with Crippen LogP contribution in [0.25, 0.3) is 44.9 Å². The minimum absolute atomic E-state index is 0.0482. The van der Waals surface area contributed by atoms with Gasteiger partial charge < -0.3 is 14.8 Å². The maximum absolute atomic E-state index is 15.2. The Morgan fingerprint density at radius 1 is 0.650 bits per heavy atom. The summed E-state index contributed by atoms with van der Waals surface area (Å²) in [6, 6.07) is 18.3. The number of carbonyl (C=O) groups is 2. The Morgan fingerprint density at radius 3 is 1.55 bits per heavy atom. The molecule has 2 heterocycles. The fourth-order valence-electron chi connectivity index (χ4n) is 12.5. The van der Waals surface area contributed by atoms with Gasteiger partial charge in [-0.05, 0) is 169 Å². The molecule has 2 aliphatic carbocycles. The van der Waals surface area contributed by atoms with Crippen LogP contribution in [-0.2, 0) is 0 Å². The van der Waals surface area contributed by atoms with E-state index in [0.29, 0.717) is 87.8 Å². The number of allylic oxidation sites excluding steroid dienone is 4. The standard InChI is InChI=1S/C64H72F4N10O2/c1-14-77(36-63(10)27-25-46(61(63,6)7)38(3)31-52(75-69-12)55-48(65)19-16-20-49(55)66)59(79)41-23-24-43(58-71-29-18-30-72-58)44(33-41)45-34-42(35-54-57(45)74-40(5)73-54)60(80)78(15-2)37-64(11)28-26-47(62(64,8)9)39(4)32-53(76-70-13)56-50(67)21-17-22-51(56)68/h16-24,29-35,46-47H,3-4,14-15,25-28,36-37H2,1-2,5-13H3,(H,73,74)/b52-31-,53-32-,75-69?,76-70?/t46-,47-,63-,64-/m0/s1. The van der Waals surface area contributed by atoms with Crippen molar-refractivity contribution in [1.82, 2.24) is 29.7 Å². The second-order valence-electron chi connectivity index (χ2n) is 23.0. The lowest BCUT2D eigenvalue weighted by Crippen LogP contribution is -2.46. The number of benzene rings is 4. The van der Waals surface area contributed by atoms with E-state index in [2.05, 4.69) is 90.1 Å². The lowest BCUT2D eigenvalue weighted by Gasteiger charge is -2.45. The molecule has 8 rings (SSSR count). The van der Waals surface area contributed by atoms with Crippen LogP contribution in [0.3, 0.4) is 0 Å². The molecular weight excluding hydrogens is 1020 g/mol. The van der Waals surface area contributed by atoms with Crippen molar-refractivity contribution in [2.24, 2.45) is 54.0 Å². The monoisotopic (exact) mass is 1090 g/mol. The van der Waals surface area contributed by atoms with Crippen LogP contribution in [0.1, 0.15) is 119 Å². The minimum atomic E-state index is -0.747. The molecular formula is C64H72F4N10O2. The number of aromatic amines is 1. The van der Waals surface area contributed by atoms with Gasteiger partial charge in [0.1, 0.15) is 29.1 Å². The number of hydrogen-bond acceptors (Lipinski definition) is 9. The molecule has 2 aromatic heterocycles. The van der Waals surface area contributed by atoms with Gasteiger partial charge in [0.05, 0.1) is 33.6 Å². The Balaban J connectivity index is 1.11. The van der Waals surface area contributed by atoms with Crippen molar-refractivity contribution in [1.29, 1.82) is 0 Å². The van der Waals surface area contributed by atoms with E-state index in [1.54, 1.807) is 36.7 Å². The summed E-state index contributed by atoms with van der Waals surface area (Å²) in [7, 11) is 2.90. The fourth-order valence-corrected chi connectivity index (χ4v) is 12.5. The molecule has 0 saturated heterocycles. The van der Waals surface area contributed by atoms with Gasteiger partial charge in [0.2, 0.25) is 0 Å². The van der Waals surface area contributed by atoms with Gasteiger partial charge >= 0.3 is 0 Å². The number of amides is 2. The van der Waals surface area contributed by atoms with Gasteiger partial charge in [0.15, 0.2) is 5.82 Å². The van der Waals surface area contributed by atoms with Crippen molar-refractivity contribution in [3.63, 3.8) is 0 Å². The van der Waals surface area contributed by atoms with E-state index in [4.69, 9.17) is 4.98 Å². The topological polar surface area (TPSA) is 145 Å². The third kappa shape index (κ3) is 11.0. The van der Waals surface area contributed by atoms with E-state index in [0.717, 1.165) is 25.7 Å². The lowest BCUT2D eigenvalue weighted by molar-refractivity contribution is 0.0417. The van der Waals surface area contributed by atoms with Crippen molar-refractivity contribution >= 4 is 34.2 Å². The van der Waals surface area contributed by atoms with Gasteiger partial charge in [-0.15, -0.1) is 0 Å². The van der Waals surface area contributed by atoms with Crippen LogP contribution in [0.5, 0.6) is 0 Å². The number of rotatable bonds is 18. The molecule has 418 valence electrons. The molecule has 80 heavy (non-hydrogen) atoms. The van der Waals surface area contributed by atoms with Crippen LogP contribution in [0.2, 0.25) is 0 Å². The number of aryl methyl sites for hydroxylation is 1. The van der Waals surface area contributed by atoms with Gasteiger partial charge in [-0.1, -0.05) is 66.8 Å². The van der Waals surface area contributed by atoms with Crippen molar-refractivity contribution < 1.29 is 27.2 Å². The van der Waals surface area contributed by atoms with E-state index in [1.165, 1.54) is 50.5 Å². The zero-order chi connectivity index (χ0) is 58.1. The Morgan fingerprint density at radius 2 is 1.10 bits per heavy atom. The number of hydrogen-bond donors (Lipinski definition) is 1. The van der Waals surface area contributed by atoms with Gasteiger partial charge in [-0.2, -0.15) is 20.5 Å². The first-order chi connectivity index (χ1) is 37.9. The van der Waals surface area contributed by atoms with Crippen molar-refractivity contribution in [2.45, 2.75) is 88.0 Å². The normalized spacial score (nSPS) is 21.0. The van der Waals surface area contributed by atoms with E-state index < -0.39 is 44.9 Å². The molecule has 6 aromatic rings. The Labute approximate surface area is 467 Å². The highest BCUT2D eigenvalue weighted by Gasteiger charge is 2.54. The second-order valence-corrected chi connectivity index (χ2v) is 23.0. The number of carbonyl (C=O) groups excluding carboxylic acids is 2. The molecule has 2 amide bonds. The summed E-state index contributed by atoms with van der Waals surface area (Å²) >= 11 is 0. The third-order valence-corrected chi connectivity index (χ3v) is 17.9. The van der Waals surface area contributed by atoms with E-state index in [1.807, 2.05) is 54.8 Å². The van der Waals surface area contributed by atoms with E-state index >= 15 is 27.2 Å². The zero-order valence-corrected chi connectivity index (χ0v) is 47.8. The molecule has 16 heteroatoms. The molecule has 0 bridgehead atoms. The molecule has 4 aromatic carbocycles. The highest BCUT2D eigenvalue weighted by Crippen LogP contribution is 2.60. The summed E-state index contributed by atoms with van der Waals surface area (Å²) in [5.74, 6) is -2.54. The molecule has 0 aliphatic heterocycles. The van der Waals surface area contributed by atoms with Crippen LogP contribution in [-0.4, -0.2) is 81.8 Å². The van der Waals surface area contributed by atoms with Gasteiger partial charge in [0, 0.05) is 74.9 Å². The summed E-state index contributed by atoms with van der Waals surface area (Å²) in [5.41, 5.74) is 3.13. The Hall–Kier alpha value is -7.75. The summed E-state index contributed by atoms with van der Waals surface area (Å²) in [5, 5.41) is 16.0. The molecule has 2 saturated carbocycles. The quantitative estimate of drug-likeness (QED) is 0.0518. The average molecular weight is 1090 g/mol. The van der Waals surface area contributed by atoms with E-state index in [9.17, 15) is 0 Å². The predicted molar refractivity (Wildman–Crippen MR) is 308 cm³/mol. The largest absolute Gasteiger partial charge is 0.342 e. The number of halogens is 4. The van der Waals surface area contributed by atoms with Crippen LogP contribution < -0.4 is 0 Å². The second kappa shape index (κ2) is 23.1. The molecule has 0 unspecified atom stereocenters. The number of nitrogens with one attached hydrogen (secondary N) is 1. The average Bonchev–Trinajstić information content (AvgIpc) is 4.23. The van der Waals surface area contributed by atoms with Gasteiger partial charge in [-0.25, -0.2) is 32.5 Å². The molecule has 0 spiro atoms. The highest BCUT2D eigenvalue weighted by atomic mass is 19.1. The SMILES string of the molecule is C=C(/C=C(\N=NC)c1c(F)cccc1F)[C@@H]1CC[C@@](C)(CN(CC)C(=O)c2ccc(-c3ncccn3)c(-c3cc(C(=O)N(CC)C[C@]4(C)CC[C@@H](C(=C)/C=C(\N=NC)c5c(F)cccc5F)C4(C)C)cc4[nH]c(C)nc34)c2)C1(C)C. The first kappa shape index (κ1) is 58.4. The molecule has 1 N–H and O–H groups in total. The number of nitrogens with zero attached hydrogens (tertiary/aromatic N) is 9. The Kier molecular flexibility index (Phi) is 16.9. The smallest absolute Gasteiger partial charge is 0.253 e. The zero-order valence-electron chi connectivity index (χ0n) is 47.8. The van der Waals surface area contributed by atoms with Crippen LogP contribution >= 0.6 is 0 Å². The molecule has 0 radical (unpaired) electrons. The Bertz CT molecular complexity index is 3470. The summed E-state index contributed by atoms with van der Waals surface area (Å²) in [6.45, 7) is 29.2. The maximum Gasteiger partial charge on any atom is 0.253 e. The van der Waals surface area contributed by atoms with E-state index in [-0.39, 0.29) is 46.2 Å². The summed E-state index contributed by atoms with van der Waals surface area (Å²) < 4.78 is 60.1. The van der Waals surface area contributed by atoms with Crippen molar-refractivity contribution in [3.05, 3.63) is 173 Å². The molecule has 4 atom stereocenters. The number of H-pyrrole nitrogens is 1. The van der Waals surface area contributed by atoms with Gasteiger partial charge in [0.25, 0.3) is 11.8 Å². The first-order valence-electron chi connectivity index (χ1n) is 27.2. The van der Waals surface area contributed by atoms with Crippen LogP contribution in [0, 0.1) is 63.7 Å². The number of aromatic nitrogens is 4. The van der Waals surface area contributed by atoms with Crippen molar-refractivity contribution in [3.8, 4) is 22.5 Å². The predicted octanol–water partition coefficient (Wildman–Crippen LogP) is 15.7. The number of imidazole rings is 1. The van der Waals surface area contributed by atoms with Crippen LogP contribution in [0.15, 0.2) is 142 Å².